The lowest BCUT2D eigenvalue weighted by Crippen LogP contribution is -2.40. The molecule has 0 atom stereocenters. The van der Waals surface area contributed by atoms with Crippen molar-refractivity contribution in [2.75, 3.05) is 37.5 Å². The van der Waals surface area contributed by atoms with E-state index in [4.69, 9.17) is 10.5 Å². The van der Waals surface area contributed by atoms with Gasteiger partial charge in [-0.1, -0.05) is 6.92 Å². The summed E-state index contributed by atoms with van der Waals surface area (Å²) in [5.74, 6) is 2.02. The van der Waals surface area contributed by atoms with Crippen molar-refractivity contribution in [2.45, 2.75) is 13.3 Å². The number of aromatic nitrogens is 2. The Hall–Kier alpha value is -1.40. The zero-order valence-electron chi connectivity index (χ0n) is 9.44. The monoisotopic (exact) mass is 223 g/mol. The van der Waals surface area contributed by atoms with Gasteiger partial charge >= 0.3 is 0 Å². The second-order valence-electron chi connectivity index (χ2n) is 3.66. The molecule has 0 saturated carbocycles. The minimum atomic E-state index is 0.502. The Morgan fingerprint density at radius 1 is 1.44 bits per heavy atom. The van der Waals surface area contributed by atoms with Crippen LogP contribution in [0.2, 0.25) is 0 Å². The van der Waals surface area contributed by atoms with Crippen molar-refractivity contribution in [1.82, 2.24) is 15.0 Å². The lowest BCUT2D eigenvalue weighted by atomic mass is 10.4. The van der Waals surface area contributed by atoms with Crippen molar-refractivity contribution in [1.29, 1.82) is 0 Å². The molecule has 1 aromatic rings. The molecule has 0 bridgehead atoms. The number of aryl methyl sites for hydroxylation is 1. The van der Waals surface area contributed by atoms with Crippen LogP contribution in [-0.4, -0.2) is 41.3 Å². The summed E-state index contributed by atoms with van der Waals surface area (Å²) in [4.78, 5) is 8.49. The van der Waals surface area contributed by atoms with Crippen LogP contribution in [0.15, 0.2) is 6.07 Å². The summed E-state index contributed by atoms with van der Waals surface area (Å²) >= 11 is 0. The minimum absolute atomic E-state index is 0.502. The predicted molar refractivity (Wildman–Crippen MR) is 61.8 cm³/mol. The van der Waals surface area contributed by atoms with Crippen LogP contribution in [0, 0.1) is 0 Å². The molecule has 1 aliphatic heterocycles. The number of anilines is 2. The molecule has 0 amide bonds. The zero-order chi connectivity index (χ0) is 11.4. The standard InChI is InChI=1S/C10H17N5O/c1-2-9-12-8(11)7-10(13-9)14-15-3-5-16-6-4-15/h7H,2-6H2,1H3,(H3,11,12,13,14). The highest BCUT2D eigenvalue weighted by Gasteiger charge is 2.11. The van der Waals surface area contributed by atoms with Gasteiger partial charge in [-0.05, 0) is 0 Å². The molecule has 1 saturated heterocycles. The molecule has 0 aromatic carbocycles. The highest BCUT2D eigenvalue weighted by molar-refractivity contribution is 5.43. The molecule has 6 nitrogen and oxygen atoms in total. The van der Waals surface area contributed by atoms with Crippen molar-refractivity contribution in [3.8, 4) is 0 Å². The van der Waals surface area contributed by atoms with Crippen LogP contribution < -0.4 is 11.2 Å². The first kappa shape index (κ1) is 11.1. The smallest absolute Gasteiger partial charge is 0.146 e. The lowest BCUT2D eigenvalue weighted by Gasteiger charge is -2.27. The summed E-state index contributed by atoms with van der Waals surface area (Å²) in [6, 6.07) is 1.74. The zero-order valence-corrected chi connectivity index (χ0v) is 9.44. The van der Waals surface area contributed by atoms with Crippen LogP contribution in [0.1, 0.15) is 12.7 Å². The van der Waals surface area contributed by atoms with Crippen LogP contribution >= 0.6 is 0 Å². The van der Waals surface area contributed by atoms with Crippen molar-refractivity contribution < 1.29 is 4.74 Å². The third-order valence-corrected chi connectivity index (χ3v) is 2.39. The van der Waals surface area contributed by atoms with E-state index in [1.54, 1.807) is 6.07 Å². The second-order valence-corrected chi connectivity index (χ2v) is 3.66. The van der Waals surface area contributed by atoms with E-state index < -0.39 is 0 Å². The third-order valence-electron chi connectivity index (χ3n) is 2.39. The molecule has 1 aromatic heterocycles. The summed E-state index contributed by atoms with van der Waals surface area (Å²) in [7, 11) is 0. The number of rotatable bonds is 3. The fourth-order valence-corrected chi connectivity index (χ4v) is 1.57. The van der Waals surface area contributed by atoms with Crippen LogP contribution in [-0.2, 0) is 11.2 Å². The molecule has 0 aliphatic carbocycles. The van der Waals surface area contributed by atoms with E-state index in [9.17, 15) is 0 Å². The predicted octanol–water partition coefficient (Wildman–Crippen LogP) is 0.280. The van der Waals surface area contributed by atoms with E-state index in [1.807, 2.05) is 6.92 Å². The Morgan fingerprint density at radius 2 is 2.19 bits per heavy atom. The van der Waals surface area contributed by atoms with Crippen molar-refractivity contribution >= 4 is 11.6 Å². The van der Waals surface area contributed by atoms with Gasteiger partial charge in [0.15, 0.2) is 0 Å². The van der Waals surface area contributed by atoms with Crippen molar-refractivity contribution in [2.24, 2.45) is 0 Å². The molecule has 6 heteroatoms. The fourth-order valence-electron chi connectivity index (χ4n) is 1.57. The highest BCUT2D eigenvalue weighted by Crippen LogP contribution is 2.10. The maximum Gasteiger partial charge on any atom is 0.146 e. The Morgan fingerprint density at radius 3 is 2.88 bits per heavy atom. The first-order chi connectivity index (χ1) is 7.78. The van der Waals surface area contributed by atoms with E-state index in [1.165, 1.54) is 0 Å². The SMILES string of the molecule is CCc1nc(N)cc(NN2CCOCC2)n1. The molecular formula is C10H17N5O. The Kier molecular flexibility index (Phi) is 3.53. The Bertz CT molecular complexity index is 351. The number of nitrogen functional groups attached to an aromatic ring is 1. The van der Waals surface area contributed by atoms with Gasteiger partial charge in [0.25, 0.3) is 0 Å². The van der Waals surface area contributed by atoms with Crippen molar-refractivity contribution in [3.05, 3.63) is 11.9 Å². The average Bonchev–Trinajstić information content (AvgIpc) is 2.29. The number of hydrogen-bond acceptors (Lipinski definition) is 6. The molecule has 2 rings (SSSR count). The minimum Gasteiger partial charge on any atom is -0.384 e. The first-order valence-corrected chi connectivity index (χ1v) is 5.50. The number of morpholine rings is 1. The Balaban J connectivity index is 2.04. The molecule has 2 heterocycles. The number of ether oxygens (including phenoxy) is 1. The third kappa shape index (κ3) is 2.80. The van der Waals surface area contributed by atoms with Crippen LogP contribution in [0.25, 0.3) is 0 Å². The fraction of sp³-hybridized carbons (Fsp3) is 0.600. The first-order valence-electron chi connectivity index (χ1n) is 5.50. The molecule has 1 fully saturated rings. The molecule has 0 unspecified atom stereocenters. The van der Waals surface area contributed by atoms with Crippen LogP contribution in [0.3, 0.4) is 0 Å². The van der Waals surface area contributed by atoms with Gasteiger partial charge in [0.1, 0.15) is 17.5 Å². The lowest BCUT2D eigenvalue weighted by molar-refractivity contribution is 0.0495. The summed E-state index contributed by atoms with van der Waals surface area (Å²) in [6.45, 7) is 5.20. The molecule has 3 N–H and O–H groups in total. The van der Waals surface area contributed by atoms with Crippen LogP contribution in [0.5, 0.6) is 0 Å². The molecule has 0 radical (unpaired) electrons. The highest BCUT2D eigenvalue weighted by atomic mass is 16.5. The molecular weight excluding hydrogens is 206 g/mol. The maximum atomic E-state index is 5.71. The summed E-state index contributed by atoms with van der Waals surface area (Å²) in [6.07, 6.45) is 0.781. The molecule has 0 spiro atoms. The number of nitrogens with one attached hydrogen (secondary N) is 1. The topological polar surface area (TPSA) is 76.3 Å². The summed E-state index contributed by atoms with van der Waals surface area (Å²) in [5.41, 5.74) is 8.92. The van der Waals surface area contributed by atoms with E-state index in [2.05, 4.69) is 20.4 Å². The average molecular weight is 223 g/mol. The van der Waals surface area contributed by atoms with Gasteiger partial charge < -0.3 is 15.9 Å². The maximum absolute atomic E-state index is 5.71. The number of nitrogens with zero attached hydrogens (tertiary/aromatic N) is 3. The largest absolute Gasteiger partial charge is 0.384 e. The van der Waals surface area contributed by atoms with Gasteiger partial charge in [0.2, 0.25) is 0 Å². The summed E-state index contributed by atoms with van der Waals surface area (Å²) in [5, 5.41) is 2.07. The molecule has 88 valence electrons. The normalized spacial score (nSPS) is 17.3. The molecule has 16 heavy (non-hydrogen) atoms. The van der Waals surface area contributed by atoms with E-state index in [0.717, 1.165) is 44.4 Å². The van der Waals surface area contributed by atoms with Gasteiger partial charge in [0, 0.05) is 25.6 Å². The van der Waals surface area contributed by atoms with E-state index in [-0.39, 0.29) is 0 Å². The van der Waals surface area contributed by atoms with Gasteiger partial charge in [-0.2, -0.15) is 0 Å². The second kappa shape index (κ2) is 5.09. The van der Waals surface area contributed by atoms with E-state index in [0.29, 0.717) is 5.82 Å². The molecule has 1 aliphatic rings. The van der Waals surface area contributed by atoms with Gasteiger partial charge in [-0.3, -0.25) is 0 Å². The van der Waals surface area contributed by atoms with Gasteiger partial charge in [-0.25, -0.2) is 15.0 Å². The van der Waals surface area contributed by atoms with E-state index >= 15 is 0 Å². The van der Waals surface area contributed by atoms with Crippen LogP contribution in [0.4, 0.5) is 11.6 Å². The van der Waals surface area contributed by atoms with Gasteiger partial charge in [-0.15, -0.1) is 0 Å². The number of hydrazine groups is 1. The summed E-state index contributed by atoms with van der Waals surface area (Å²) < 4.78 is 5.27. The van der Waals surface area contributed by atoms with Gasteiger partial charge in [0.05, 0.1) is 13.2 Å². The van der Waals surface area contributed by atoms with Crippen molar-refractivity contribution in [3.63, 3.8) is 0 Å². The number of nitrogens with two attached hydrogens (primary N) is 1. The number of hydrogen-bond donors (Lipinski definition) is 2. The Labute approximate surface area is 94.8 Å². The quantitative estimate of drug-likeness (QED) is 0.766.